The summed E-state index contributed by atoms with van der Waals surface area (Å²) in [6, 6.07) is 6.24. The Balaban J connectivity index is 2.93. The minimum Gasteiger partial charge on any atom is -0.389 e. The molecule has 0 aliphatic carbocycles. The van der Waals surface area contributed by atoms with Gasteiger partial charge in [0.2, 0.25) is 0 Å². The van der Waals surface area contributed by atoms with Crippen LogP contribution in [-0.4, -0.2) is 30.1 Å². The number of rotatable bonds is 5. The van der Waals surface area contributed by atoms with E-state index in [-0.39, 0.29) is 0 Å². The molecule has 1 unspecified atom stereocenters. The monoisotopic (exact) mass is 288 g/mol. The van der Waals surface area contributed by atoms with Gasteiger partial charge in [-0.3, -0.25) is 0 Å². The van der Waals surface area contributed by atoms with Crippen molar-refractivity contribution in [3.05, 3.63) is 28.8 Å². The van der Waals surface area contributed by atoms with Crippen LogP contribution in [0.15, 0.2) is 18.2 Å². The maximum absolute atomic E-state index is 6.15. The van der Waals surface area contributed by atoms with E-state index in [0.717, 1.165) is 17.0 Å². The van der Waals surface area contributed by atoms with Crippen molar-refractivity contribution in [1.82, 2.24) is 0 Å². The summed E-state index contributed by atoms with van der Waals surface area (Å²) in [6.45, 7) is 2.19. The van der Waals surface area contributed by atoms with Crippen molar-refractivity contribution in [2.45, 2.75) is 13.0 Å². The van der Waals surface area contributed by atoms with Gasteiger partial charge in [-0.2, -0.15) is 11.8 Å². The zero-order valence-electron chi connectivity index (χ0n) is 10.2. The standard InChI is InChI=1S/C12H17ClN2S2/c1-8(7-17-3)15(2)9-4-5-10(12(14)16)11(13)6-9/h4-6,8H,7H2,1-3H3,(H2,14,16). The van der Waals surface area contributed by atoms with E-state index < -0.39 is 0 Å². The molecule has 2 N–H and O–H groups in total. The molecule has 1 aromatic carbocycles. The number of benzene rings is 1. The summed E-state index contributed by atoms with van der Waals surface area (Å²) in [5.41, 5.74) is 7.39. The van der Waals surface area contributed by atoms with Crippen LogP contribution in [0, 0.1) is 0 Å². The van der Waals surface area contributed by atoms with Crippen molar-refractivity contribution in [3.8, 4) is 0 Å². The van der Waals surface area contributed by atoms with Crippen molar-refractivity contribution in [2.75, 3.05) is 24.0 Å². The molecule has 0 aliphatic rings. The maximum Gasteiger partial charge on any atom is 0.105 e. The second-order valence-corrected chi connectivity index (χ2v) is 5.70. The Bertz CT molecular complexity index is 409. The van der Waals surface area contributed by atoms with Crippen LogP contribution in [0.5, 0.6) is 0 Å². The summed E-state index contributed by atoms with van der Waals surface area (Å²) in [5, 5.41) is 0.609. The highest BCUT2D eigenvalue weighted by Crippen LogP contribution is 2.24. The minimum atomic E-state index is 0.335. The fourth-order valence-corrected chi connectivity index (χ4v) is 2.75. The predicted octanol–water partition coefficient (Wildman–Crippen LogP) is 3.16. The Hall–Kier alpha value is -0.450. The first kappa shape index (κ1) is 14.6. The molecule has 0 aliphatic heterocycles. The summed E-state index contributed by atoms with van der Waals surface area (Å²) in [7, 11) is 2.06. The van der Waals surface area contributed by atoms with E-state index in [2.05, 4.69) is 25.1 Å². The Morgan fingerprint density at radius 1 is 1.59 bits per heavy atom. The Kier molecular flexibility index (Phi) is 5.56. The van der Waals surface area contributed by atoms with Crippen molar-refractivity contribution >= 4 is 46.3 Å². The second-order valence-electron chi connectivity index (χ2n) is 3.94. The molecule has 1 rings (SSSR count). The lowest BCUT2D eigenvalue weighted by Gasteiger charge is -2.27. The van der Waals surface area contributed by atoms with Crippen molar-refractivity contribution in [2.24, 2.45) is 5.73 Å². The van der Waals surface area contributed by atoms with Gasteiger partial charge in [-0.1, -0.05) is 23.8 Å². The first-order valence-corrected chi connectivity index (χ1v) is 7.46. The van der Waals surface area contributed by atoms with Crippen LogP contribution in [0.3, 0.4) is 0 Å². The fraction of sp³-hybridized carbons (Fsp3) is 0.417. The van der Waals surface area contributed by atoms with E-state index in [9.17, 15) is 0 Å². The molecule has 0 heterocycles. The van der Waals surface area contributed by atoms with E-state index in [4.69, 9.17) is 29.6 Å². The lowest BCUT2D eigenvalue weighted by molar-refractivity contribution is 0.765. The molecular formula is C12H17ClN2S2. The second kappa shape index (κ2) is 6.47. The maximum atomic E-state index is 6.15. The molecule has 0 aromatic heterocycles. The number of anilines is 1. The molecule has 0 spiro atoms. The fourth-order valence-electron chi connectivity index (χ4n) is 1.53. The number of thiocarbonyl (C=S) groups is 1. The van der Waals surface area contributed by atoms with Gasteiger partial charge in [0.1, 0.15) is 4.99 Å². The molecule has 0 fully saturated rings. The topological polar surface area (TPSA) is 29.3 Å². The largest absolute Gasteiger partial charge is 0.389 e. The van der Waals surface area contributed by atoms with Crippen molar-refractivity contribution in [3.63, 3.8) is 0 Å². The van der Waals surface area contributed by atoms with E-state index in [1.807, 2.05) is 30.0 Å². The van der Waals surface area contributed by atoms with Gasteiger partial charge >= 0.3 is 0 Å². The number of nitrogens with two attached hydrogens (primary N) is 1. The SMILES string of the molecule is CSCC(C)N(C)c1ccc(C(N)=S)c(Cl)c1. The van der Waals surface area contributed by atoms with Crippen molar-refractivity contribution < 1.29 is 0 Å². The van der Waals surface area contributed by atoms with Gasteiger partial charge in [0.25, 0.3) is 0 Å². The highest BCUT2D eigenvalue weighted by atomic mass is 35.5. The number of hydrogen-bond acceptors (Lipinski definition) is 3. The third kappa shape index (κ3) is 3.76. The smallest absolute Gasteiger partial charge is 0.105 e. The zero-order valence-corrected chi connectivity index (χ0v) is 12.6. The molecular weight excluding hydrogens is 272 g/mol. The van der Waals surface area contributed by atoms with E-state index in [1.54, 1.807) is 0 Å². The molecule has 1 atom stereocenters. The summed E-state index contributed by atoms with van der Waals surface area (Å²) in [5.74, 6) is 1.07. The van der Waals surface area contributed by atoms with Crippen LogP contribution in [0.4, 0.5) is 5.69 Å². The Labute approximate surface area is 118 Å². The normalized spacial score (nSPS) is 12.2. The summed E-state index contributed by atoms with van der Waals surface area (Å²) >= 11 is 12.9. The van der Waals surface area contributed by atoms with Crippen molar-refractivity contribution in [1.29, 1.82) is 0 Å². The van der Waals surface area contributed by atoms with Gasteiger partial charge < -0.3 is 10.6 Å². The highest BCUT2D eigenvalue weighted by molar-refractivity contribution is 7.98. The summed E-state index contributed by atoms with van der Waals surface area (Å²) in [4.78, 5) is 2.53. The molecule has 0 bridgehead atoms. The average molecular weight is 289 g/mol. The average Bonchev–Trinajstić information content (AvgIpc) is 2.27. The van der Waals surface area contributed by atoms with Crippen LogP contribution < -0.4 is 10.6 Å². The van der Waals surface area contributed by atoms with Gasteiger partial charge in [0.15, 0.2) is 0 Å². The number of nitrogens with zero attached hydrogens (tertiary/aromatic N) is 1. The molecule has 0 saturated carbocycles. The van der Waals surface area contributed by atoms with Gasteiger partial charge in [-0.15, -0.1) is 0 Å². The molecule has 1 aromatic rings. The molecule has 94 valence electrons. The van der Waals surface area contributed by atoms with Gasteiger partial charge in [0.05, 0.1) is 5.02 Å². The first-order chi connectivity index (χ1) is 7.97. The molecule has 17 heavy (non-hydrogen) atoms. The van der Waals surface area contributed by atoms with E-state index in [0.29, 0.717) is 16.1 Å². The van der Waals surface area contributed by atoms with Gasteiger partial charge in [-0.25, -0.2) is 0 Å². The first-order valence-electron chi connectivity index (χ1n) is 5.28. The Morgan fingerprint density at radius 3 is 2.71 bits per heavy atom. The molecule has 0 amide bonds. The number of thioether (sulfide) groups is 1. The van der Waals surface area contributed by atoms with Gasteiger partial charge in [0, 0.05) is 30.1 Å². The van der Waals surface area contributed by atoms with Crippen LogP contribution in [-0.2, 0) is 0 Å². The van der Waals surface area contributed by atoms with Crippen LogP contribution >= 0.6 is 35.6 Å². The molecule has 2 nitrogen and oxygen atoms in total. The van der Waals surface area contributed by atoms with E-state index in [1.165, 1.54) is 0 Å². The van der Waals surface area contributed by atoms with E-state index >= 15 is 0 Å². The van der Waals surface area contributed by atoms with Gasteiger partial charge in [-0.05, 0) is 31.4 Å². The molecule has 0 radical (unpaired) electrons. The number of halogens is 1. The lowest BCUT2D eigenvalue weighted by Crippen LogP contribution is -2.30. The lowest BCUT2D eigenvalue weighted by atomic mass is 10.2. The van der Waals surface area contributed by atoms with Crippen LogP contribution in [0.25, 0.3) is 0 Å². The summed E-state index contributed by atoms with van der Waals surface area (Å²) in [6.07, 6.45) is 2.10. The third-order valence-electron chi connectivity index (χ3n) is 2.69. The quantitative estimate of drug-likeness (QED) is 0.843. The molecule has 0 saturated heterocycles. The predicted molar refractivity (Wildman–Crippen MR) is 83.6 cm³/mol. The zero-order chi connectivity index (χ0) is 13.0. The van der Waals surface area contributed by atoms with Crippen LogP contribution in [0.2, 0.25) is 5.02 Å². The minimum absolute atomic E-state index is 0.335. The van der Waals surface area contributed by atoms with Crippen LogP contribution in [0.1, 0.15) is 12.5 Å². The summed E-state index contributed by atoms with van der Waals surface area (Å²) < 4.78 is 0. The Morgan fingerprint density at radius 2 is 2.24 bits per heavy atom. The number of hydrogen-bond donors (Lipinski definition) is 1. The third-order valence-corrected chi connectivity index (χ3v) is 4.04. The molecule has 5 heteroatoms. The highest BCUT2D eigenvalue weighted by Gasteiger charge is 2.11.